The number of aromatic hydroxyl groups is 2. The number of phenols is 2. The van der Waals surface area contributed by atoms with E-state index in [0.717, 1.165) is 12.1 Å². The van der Waals surface area contributed by atoms with Crippen molar-refractivity contribution in [1.29, 1.82) is 0 Å². The number of carbonyl (C=O) groups is 1. The van der Waals surface area contributed by atoms with Crippen molar-refractivity contribution in [2.45, 2.75) is 62.0 Å². The van der Waals surface area contributed by atoms with Gasteiger partial charge in [0.2, 0.25) is 0 Å². The first kappa shape index (κ1) is 32.6. The number of hydrogen-bond acceptors (Lipinski definition) is 16. The summed E-state index contributed by atoms with van der Waals surface area (Å²) < 4.78 is 33.3. The normalized spacial score (nSPS) is 30.3. The largest absolute Gasteiger partial charge is 0.507 e. The third-order valence-corrected chi connectivity index (χ3v) is 7.60. The lowest BCUT2D eigenvalue weighted by Crippen LogP contribution is -2.61. The van der Waals surface area contributed by atoms with E-state index in [0.29, 0.717) is 0 Å². The Morgan fingerprint density at radius 1 is 0.956 bits per heavy atom. The van der Waals surface area contributed by atoms with Crippen molar-refractivity contribution in [1.82, 2.24) is 0 Å². The average molecular weight is 637 g/mol. The van der Waals surface area contributed by atoms with Crippen molar-refractivity contribution in [3.63, 3.8) is 0 Å². The van der Waals surface area contributed by atoms with E-state index in [1.165, 1.54) is 32.2 Å². The SMILES string of the molecule is COc1cc(-c2cc(=O)c3c(O)cc(O)c([C@@H]4OC[C@@H](O)[C@H](O)[C@H]4O[C@@H]4O[C@H](CO)[C@@H](O)[C@H](O)[C@H]4O)c3o2)ccc1OC(C)=O. The first-order valence-corrected chi connectivity index (χ1v) is 13.7. The second kappa shape index (κ2) is 12.9. The molecule has 3 heterocycles. The van der Waals surface area contributed by atoms with E-state index in [1.807, 2.05) is 0 Å². The second-order valence-electron chi connectivity index (χ2n) is 10.6. The Bertz CT molecular complexity index is 1620. The lowest BCUT2D eigenvalue weighted by Gasteiger charge is -2.44. The number of carbonyl (C=O) groups excluding carboxylic acids is 1. The topological polar surface area (TPSA) is 255 Å². The average Bonchev–Trinajstić information content (AvgIpc) is 2.99. The van der Waals surface area contributed by atoms with Gasteiger partial charge in [-0.1, -0.05) is 0 Å². The molecule has 2 aliphatic rings. The van der Waals surface area contributed by atoms with Crippen LogP contribution in [0.15, 0.2) is 39.5 Å². The van der Waals surface area contributed by atoms with Crippen LogP contribution in [0.3, 0.4) is 0 Å². The van der Waals surface area contributed by atoms with Crippen LogP contribution in [0.1, 0.15) is 18.6 Å². The van der Waals surface area contributed by atoms with Gasteiger partial charge in [0.15, 0.2) is 28.8 Å². The minimum atomic E-state index is -1.89. The molecule has 8 N–H and O–H groups in total. The summed E-state index contributed by atoms with van der Waals surface area (Å²) in [7, 11) is 1.33. The molecule has 0 unspecified atom stereocenters. The van der Waals surface area contributed by atoms with E-state index < -0.39 is 96.8 Å². The van der Waals surface area contributed by atoms with Crippen molar-refractivity contribution in [3.8, 4) is 34.3 Å². The van der Waals surface area contributed by atoms with Crippen molar-refractivity contribution >= 4 is 16.9 Å². The number of rotatable bonds is 7. The van der Waals surface area contributed by atoms with Crippen LogP contribution in [0.25, 0.3) is 22.3 Å². The Balaban J connectivity index is 1.62. The van der Waals surface area contributed by atoms with E-state index in [9.17, 15) is 50.4 Å². The van der Waals surface area contributed by atoms with Crippen molar-refractivity contribution < 1.29 is 73.7 Å². The van der Waals surface area contributed by atoms with Gasteiger partial charge >= 0.3 is 5.97 Å². The predicted octanol–water partition coefficient (Wildman–Crippen LogP) is -1.22. The van der Waals surface area contributed by atoms with Crippen LogP contribution in [-0.2, 0) is 19.0 Å². The standard InChI is InChI=1S/C29H32O16/c1-10(31)42-16-4-3-11(5-18(16)40-2)17-7-14(34)20-12(32)6-13(33)21(26(20)43-17)27-28(22(36)15(35)9-41-27)45-29-25(39)24(38)23(37)19(8-30)44-29/h3-7,15,19,22-25,27-30,32-33,35-39H,8-9H2,1-2H3/t15-,19-,22+,23-,24+,25-,27+,28-,29+/m1/s1. The number of hydrogen-bond donors (Lipinski definition) is 8. The molecular weight excluding hydrogens is 604 g/mol. The Kier molecular flexibility index (Phi) is 9.31. The van der Waals surface area contributed by atoms with Gasteiger partial charge in [-0.05, 0) is 18.2 Å². The molecule has 0 aliphatic carbocycles. The van der Waals surface area contributed by atoms with Crippen LogP contribution >= 0.6 is 0 Å². The fourth-order valence-corrected chi connectivity index (χ4v) is 5.33. The third-order valence-electron chi connectivity index (χ3n) is 7.60. The maximum Gasteiger partial charge on any atom is 0.308 e. The lowest BCUT2D eigenvalue weighted by molar-refractivity contribution is -0.336. The van der Waals surface area contributed by atoms with Crippen molar-refractivity contribution in [3.05, 3.63) is 46.1 Å². The van der Waals surface area contributed by atoms with Gasteiger partial charge in [0, 0.05) is 24.6 Å². The molecule has 0 radical (unpaired) electrons. The van der Waals surface area contributed by atoms with Crippen LogP contribution in [0.4, 0.5) is 0 Å². The highest BCUT2D eigenvalue weighted by molar-refractivity contribution is 5.89. The van der Waals surface area contributed by atoms with Crippen LogP contribution < -0.4 is 14.9 Å². The molecule has 1 aromatic heterocycles. The van der Waals surface area contributed by atoms with Crippen molar-refractivity contribution in [2.24, 2.45) is 0 Å². The van der Waals surface area contributed by atoms with Gasteiger partial charge in [0.25, 0.3) is 0 Å². The summed E-state index contributed by atoms with van der Waals surface area (Å²) in [5, 5.41) is 83.0. The molecule has 16 heteroatoms. The number of ether oxygens (including phenoxy) is 5. The maximum atomic E-state index is 13.3. The number of aliphatic hydroxyl groups is 6. The molecule has 0 bridgehead atoms. The molecule has 2 aromatic carbocycles. The quantitative estimate of drug-likeness (QED) is 0.112. The number of methoxy groups -OCH3 is 1. The van der Waals surface area contributed by atoms with Gasteiger partial charge < -0.3 is 69.0 Å². The molecule has 2 aliphatic heterocycles. The molecule has 0 amide bonds. The summed E-state index contributed by atoms with van der Waals surface area (Å²) in [4.78, 5) is 24.8. The second-order valence-corrected chi connectivity index (χ2v) is 10.6. The lowest BCUT2D eigenvalue weighted by atomic mass is 9.91. The fraction of sp³-hybridized carbons (Fsp3) is 0.448. The smallest absolute Gasteiger partial charge is 0.308 e. The van der Waals surface area contributed by atoms with Crippen LogP contribution in [0.2, 0.25) is 0 Å². The zero-order chi connectivity index (χ0) is 32.7. The summed E-state index contributed by atoms with van der Waals surface area (Å²) in [5.74, 6) is -1.81. The van der Waals surface area contributed by atoms with Gasteiger partial charge in [-0.3, -0.25) is 9.59 Å². The Hall–Kier alpha value is -3.84. The monoisotopic (exact) mass is 636 g/mol. The summed E-state index contributed by atoms with van der Waals surface area (Å²) in [6, 6.07) is 6.16. The van der Waals surface area contributed by atoms with Crippen molar-refractivity contribution in [2.75, 3.05) is 20.3 Å². The molecule has 9 atom stereocenters. The molecule has 0 saturated carbocycles. The molecular formula is C29H32O16. The van der Waals surface area contributed by atoms with Gasteiger partial charge in [0.1, 0.15) is 71.5 Å². The highest BCUT2D eigenvalue weighted by Crippen LogP contribution is 2.44. The third kappa shape index (κ3) is 6.07. The van der Waals surface area contributed by atoms with Crippen LogP contribution in [-0.4, -0.2) is 116 Å². The Labute approximate surface area is 253 Å². The highest BCUT2D eigenvalue weighted by Gasteiger charge is 2.49. The highest BCUT2D eigenvalue weighted by atomic mass is 16.7. The molecule has 45 heavy (non-hydrogen) atoms. The first-order chi connectivity index (χ1) is 21.4. The van der Waals surface area contributed by atoms with Gasteiger partial charge in [0.05, 0.1) is 25.9 Å². The van der Waals surface area contributed by atoms with Crippen LogP contribution in [0, 0.1) is 0 Å². The fourth-order valence-electron chi connectivity index (χ4n) is 5.33. The molecule has 2 saturated heterocycles. The number of phenolic OH excluding ortho intramolecular Hbond substituents is 2. The van der Waals surface area contributed by atoms with Gasteiger partial charge in [-0.15, -0.1) is 0 Å². The predicted molar refractivity (Wildman–Crippen MR) is 148 cm³/mol. The summed E-state index contributed by atoms with van der Waals surface area (Å²) in [6.45, 7) is -0.0700. The number of esters is 1. The van der Waals surface area contributed by atoms with Gasteiger partial charge in [-0.2, -0.15) is 0 Å². The first-order valence-electron chi connectivity index (χ1n) is 13.7. The summed E-state index contributed by atoms with van der Waals surface area (Å²) >= 11 is 0. The van der Waals surface area contributed by atoms with E-state index in [1.54, 1.807) is 0 Å². The molecule has 244 valence electrons. The molecule has 16 nitrogen and oxygen atoms in total. The van der Waals surface area contributed by atoms with Crippen LogP contribution in [0.5, 0.6) is 23.0 Å². The van der Waals surface area contributed by atoms with E-state index >= 15 is 0 Å². The summed E-state index contributed by atoms with van der Waals surface area (Å²) in [5.41, 5.74) is -1.19. The van der Waals surface area contributed by atoms with E-state index in [-0.39, 0.29) is 33.8 Å². The number of fused-ring (bicyclic) bond motifs is 1. The Morgan fingerprint density at radius 2 is 1.69 bits per heavy atom. The van der Waals surface area contributed by atoms with Gasteiger partial charge in [-0.25, -0.2) is 0 Å². The molecule has 5 rings (SSSR count). The summed E-state index contributed by atoms with van der Waals surface area (Å²) in [6.07, 6.45) is -15.2. The molecule has 2 fully saturated rings. The molecule has 0 spiro atoms. The zero-order valence-corrected chi connectivity index (χ0v) is 23.8. The Morgan fingerprint density at radius 3 is 2.36 bits per heavy atom. The number of aliphatic hydroxyl groups excluding tert-OH is 6. The maximum absolute atomic E-state index is 13.3. The minimum absolute atomic E-state index is 0.0872. The number of benzene rings is 2. The molecule has 3 aromatic rings. The van der Waals surface area contributed by atoms with E-state index in [2.05, 4.69) is 0 Å². The van der Waals surface area contributed by atoms with E-state index in [4.69, 9.17) is 28.1 Å². The zero-order valence-electron chi connectivity index (χ0n) is 23.8. The minimum Gasteiger partial charge on any atom is -0.507 e.